The van der Waals surface area contributed by atoms with Gasteiger partial charge in [-0.15, -0.1) is 0 Å². The molecular formula is C17H22N2O4. The van der Waals surface area contributed by atoms with Crippen molar-refractivity contribution in [2.45, 2.75) is 45.4 Å². The van der Waals surface area contributed by atoms with E-state index in [0.29, 0.717) is 13.0 Å². The van der Waals surface area contributed by atoms with E-state index in [1.165, 1.54) is 11.8 Å². The van der Waals surface area contributed by atoms with Gasteiger partial charge in [-0.3, -0.25) is 9.69 Å². The Labute approximate surface area is 135 Å². The van der Waals surface area contributed by atoms with Crippen LogP contribution in [0.4, 0.5) is 4.79 Å². The van der Waals surface area contributed by atoms with Crippen molar-refractivity contribution in [2.24, 2.45) is 0 Å². The molecule has 1 aliphatic heterocycles. The van der Waals surface area contributed by atoms with Gasteiger partial charge >= 0.3 is 6.09 Å². The van der Waals surface area contributed by atoms with Gasteiger partial charge in [0.05, 0.1) is 0 Å². The molecule has 1 aromatic rings. The summed E-state index contributed by atoms with van der Waals surface area (Å²) in [5, 5.41) is 2.81. The number of benzene rings is 1. The van der Waals surface area contributed by atoms with Gasteiger partial charge in [-0.2, -0.15) is 0 Å². The second-order valence-electron chi connectivity index (χ2n) is 5.86. The molecule has 1 aromatic carbocycles. The summed E-state index contributed by atoms with van der Waals surface area (Å²) in [7, 11) is 0. The van der Waals surface area contributed by atoms with Gasteiger partial charge in [0, 0.05) is 19.0 Å². The third kappa shape index (κ3) is 4.81. The van der Waals surface area contributed by atoms with Crippen molar-refractivity contribution in [2.75, 3.05) is 6.54 Å². The summed E-state index contributed by atoms with van der Waals surface area (Å²) in [5.74, 6) is -0.240. The maximum atomic E-state index is 12.4. The van der Waals surface area contributed by atoms with Gasteiger partial charge in [0.1, 0.15) is 18.4 Å². The van der Waals surface area contributed by atoms with E-state index in [1.807, 2.05) is 37.3 Å². The third-order valence-electron chi connectivity index (χ3n) is 3.75. The van der Waals surface area contributed by atoms with Gasteiger partial charge in [0.25, 0.3) is 0 Å². The Bertz CT molecular complexity index is 573. The van der Waals surface area contributed by atoms with Gasteiger partial charge in [-0.25, -0.2) is 4.79 Å². The number of nitrogens with one attached hydrogen (secondary N) is 1. The molecule has 2 rings (SSSR count). The molecule has 2 amide bonds. The lowest BCUT2D eigenvalue weighted by Crippen LogP contribution is -2.60. The predicted molar refractivity (Wildman–Crippen MR) is 84.6 cm³/mol. The standard InChI is InChI=1S/C17H22N2O4/c1-12-10-19(15(16(21)18-12)9-8-13(2)20)17(22)23-11-14-6-4-3-5-7-14/h3-7,12,15H,8-11H2,1-2H3,(H,18,21)/t12-,15+/m1/s1. The van der Waals surface area contributed by atoms with E-state index in [-0.39, 0.29) is 30.8 Å². The molecular weight excluding hydrogens is 296 g/mol. The van der Waals surface area contributed by atoms with Gasteiger partial charge < -0.3 is 14.8 Å². The van der Waals surface area contributed by atoms with Crippen LogP contribution in [0.5, 0.6) is 0 Å². The molecule has 6 heteroatoms. The van der Waals surface area contributed by atoms with E-state index in [9.17, 15) is 14.4 Å². The monoisotopic (exact) mass is 318 g/mol. The summed E-state index contributed by atoms with van der Waals surface area (Å²) in [4.78, 5) is 37.1. The third-order valence-corrected chi connectivity index (χ3v) is 3.75. The minimum atomic E-state index is -0.654. The molecule has 1 fully saturated rings. The first-order valence-corrected chi connectivity index (χ1v) is 7.74. The minimum Gasteiger partial charge on any atom is -0.445 e. The summed E-state index contributed by atoms with van der Waals surface area (Å²) in [6, 6.07) is 8.57. The van der Waals surface area contributed by atoms with Crippen molar-refractivity contribution in [3.63, 3.8) is 0 Å². The fourth-order valence-electron chi connectivity index (χ4n) is 2.58. The smallest absolute Gasteiger partial charge is 0.410 e. The maximum Gasteiger partial charge on any atom is 0.410 e. The first-order valence-electron chi connectivity index (χ1n) is 7.74. The molecule has 0 aromatic heterocycles. The highest BCUT2D eigenvalue weighted by Gasteiger charge is 2.36. The van der Waals surface area contributed by atoms with Crippen molar-refractivity contribution >= 4 is 17.8 Å². The summed E-state index contributed by atoms with van der Waals surface area (Å²) >= 11 is 0. The van der Waals surface area contributed by atoms with E-state index in [4.69, 9.17) is 4.74 Å². The Morgan fingerprint density at radius 1 is 1.30 bits per heavy atom. The predicted octanol–water partition coefficient (Wildman–Crippen LogP) is 1.88. The molecule has 2 atom stereocenters. The molecule has 23 heavy (non-hydrogen) atoms. The van der Waals surface area contributed by atoms with Crippen LogP contribution in [-0.2, 0) is 20.9 Å². The van der Waals surface area contributed by atoms with Gasteiger partial charge in [0.2, 0.25) is 5.91 Å². The quantitative estimate of drug-likeness (QED) is 0.899. The van der Waals surface area contributed by atoms with Crippen molar-refractivity contribution in [3.05, 3.63) is 35.9 Å². The molecule has 1 heterocycles. The highest BCUT2D eigenvalue weighted by atomic mass is 16.6. The number of hydrogen-bond acceptors (Lipinski definition) is 4. The topological polar surface area (TPSA) is 75.7 Å². The van der Waals surface area contributed by atoms with Crippen LogP contribution < -0.4 is 5.32 Å². The number of carbonyl (C=O) groups excluding carboxylic acids is 3. The molecule has 0 unspecified atom stereocenters. The highest BCUT2D eigenvalue weighted by molar-refractivity contribution is 5.88. The number of carbonyl (C=O) groups is 3. The number of Topliss-reactive ketones (excluding diaryl/α,β-unsaturated/α-hetero) is 1. The fourth-order valence-corrected chi connectivity index (χ4v) is 2.58. The van der Waals surface area contributed by atoms with Crippen LogP contribution in [0.25, 0.3) is 0 Å². The van der Waals surface area contributed by atoms with E-state index < -0.39 is 12.1 Å². The lowest BCUT2D eigenvalue weighted by Gasteiger charge is -2.37. The Kier molecular flexibility index (Phi) is 5.73. The number of ether oxygens (including phenoxy) is 1. The number of nitrogens with zero attached hydrogens (tertiary/aromatic N) is 1. The van der Waals surface area contributed by atoms with Crippen molar-refractivity contribution in [1.82, 2.24) is 10.2 Å². The molecule has 0 saturated carbocycles. The summed E-state index contributed by atoms with van der Waals surface area (Å²) in [6.07, 6.45) is 0.0487. The van der Waals surface area contributed by atoms with Gasteiger partial charge in [-0.1, -0.05) is 30.3 Å². The van der Waals surface area contributed by atoms with Crippen LogP contribution >= 0.6 is 0 Å². The SMILES string of the molecule is CC(=O)CC[C@H]1C(=O)N[C@H](C)CN1C(=O)OCc1ccccc1. The lowest BCUT2D eigenvalue weighted by atomic mass is 10.0. The summed E-state index contributed by atoms with van der Waals surface area (Å²) < 4.78 is 5.32. The second kappa shape index (κ2) is 7.76. The first kappa shape index (κ1) is 17.0. The second-order valence-corrected chi connectivity index (χ2v) is 5.86. The largest absolute Gasteiger partial charge is 0.445 e. The molecule has 124 valence electrons. The van der Waals surface area contributed by atoms with Gasteiger partial charge in [0.15, 0.2) is 0 Å². The fraction of sp³-hybridized carbons (Fsp3) is 0.471. The number of amides is 2. The van der Waals surface area contributed by atoms with E-state index in [0.717, 1.165) is 5.56 Å². The minimum absolute atomic E-state index is 0.00553. The van der Waals surface area contributed by atoms with E-state index >= 15 is 0 Å². The molecule has 6 nitrogen and oxygen atoms in total. The van der Waals surface area contributed by atoms with Gasteiger partial charge in [-0.05, 0) is 25.8 Å². The van der Waals surface area contributed by atoms with Crippen LogP contribution in [0.3, 0.4) is 0 Å². The zero-order valence-electron chi connectivity index (χ0n) is 13.5. The molecule has 0 bridgehead atoms. The van der Waals surface area contributed by atoms with Crippen LogP contribution in [0.2, 0.25) is 0 Å². The molecule has 0 radical (unpaired) electrons. The van der Waals surface area contributed by atoms with Crippen LogP contribution in [0.1, 0.15) is 32.3 Å². The highest BCUT2D eigenvalue weighted by Crippen LogP contribution is 2.16. The molecule has 1 saturated heterocycles. The van der Waals surface area contributed by atoms with E-state index in [2.05, 4.69) is 5.32 Å². The molecule has 0 aliphatic carbocycles. The van der Waals surface area contributed by atoms with Crippen molar-refractivity contribution in [3.8, 4) is 0 Å². The Hall–Kier alpha value is -2.37. The zero-order valence-corrected chi connectivity index (χ0v) is 13.5. The van der Waals surface area contributed by atoms with E-state index in [1.54, 1.807) is 0 Å². The average molecular weight is 318 g/mol. The Balaban J connectivity index is 2.00. The first-order chi connectivity index (χ1) is 11.0. The number of hydrogen-bond donors (Lipinski definition) is 1. The average Bonchev–Trinajstić information content (AvgIpc) is 2.52. The van der Waals surface area contributed by atoms with Crippen molar-refractivity contribution in [1.29, 1.82) is 0 Å². The molecule has 0 spiro atoms. The lowest BCUT2D eigenvalue weighted by molar-refractivity contribution is -0.130. The number of piperazine rings is 1. The zero-order chi connectivity index (χ0) is 16.8. The summed E-state index contributed by atoms with van der Waals surface area (Å²) in [5.41, 5.74) is 0.885. The number of rotatable bonds is 5. The maximum absolute atomic E-state index is 12.4. The van der Waals surface area contributed by atoms with Crippen LogP contribution in [0, 0.1) is 0 Å². The van der Waals surface area contributed by atoms with Crippen molar-refractivity contribution < 1.29 is 19.1 Å². The van der Waals surface area contributed by atoms with Crippen LogP contribution in [0.15, 0.2) is 30.3 Å². The number of ketones is 1. The van der Waals surface area contributed by atoms with Crippen LogP contribution in [-0.4, -0.2) is 41.3 Å². The Morgan fingerprint density at radius 3 is 2.65 bits per heavy atom. The normalized spacial score (nSPS) is 20.8. The Morgan fingerprint density at radius 2 is 2.00 bits per heavy atom. The molecule has 1 N–H and O–H groups in total. The molecule has 1 aliphatic rings. The summed E-state index contributed by atoms with van der Waals surface area (Å²) in [6.45, 7) is 3.84.